The van der Waals surface area contributed by atoms with Crippen molar-refractivity contribution in [2.45, 2.75) is 0 Å². The van der Waals surface area contributed by atoms with Crippen LogP contribution in [0.4, 0.5) is 0 Å². The number of aromatic nitrogens is 1. The number of para-hydroxylation sites is 2. The molecule has 0 unspecified atom stereocenters. The van der Waals surface area contributed by atoms with Gasteiger partial charge in [0.2, 0.25) is 5.75 Å². The maximum atomic E-state index is 6.13. The smallest absolute Gasteiger partial charge is 0.203 e. The molecule has 0 fully saturated rings. The number of ether oxygens (including phenoxy) is 4. The van der Waals surface area contributed by atoms with Crippen LogP contribution in [-0.2, 0) is 0 Å². The van der Waals surface area contributed by atoms with Crippen LogP contribution in [0.2, 0.25) is 0 Å². The van der Waals surface area contributed by atoms with Crippen molar-refractivity contribution < 1.29 is 18.9 Å². The number of benzene rings is 3. The molecular weight excluding hydrogens is 390 g/mol. The summed E-state index contributed by atoms with van der Waals surface area (Å²) in [5, 5.41) is 0. The van der Waals surface area contributed by atoms with Crippen LogP contribution in [-0.4, -0.2) is 26.3 Å². The lowest BCUT2D eigenvalue weighted by molar-refractivity contribution is 0.324. The van der Waals surface area contributed by atoms with Crippen molar-refractivity contribution in [2.24, 2.45) is 0 Å². The van der Waals surface area contributed by atoms with E-state index in [1.54, 1.807) is 21.3 Å². The van der Waals surface area contributed by atoms with Crippen LogP contribution in [0.5, 0.6) is 28.7 Å². The molecule has 0 aliphatic carbocycles. The van der Waals surface area contributed by atoms with E-state index in [1.165, 1.54) is 0 Å². The first kappa shape index (κ1) is 20.3. The molecule has 0 aliphatic rings. The van der Waals surface area contributed by atoms with Crippen molar-refractivity contribution in [3.8, 4) is 51.0 Å². The standard InChI is InChI=1S/C26H23NO4/c1-28-24-14-18(15-25(29-2)26(24)30-3)19-13-20(17-27-16-19)22-11-7-8-12-23(22)31-21-9-5-4-6-10-21/h4-17H,1-3H3. The fraction of sp³-hybridized carbons (Fsp3) is 0.115. The zero-order valence-electron chi connectivity index (χ0n) is 17.7. The quantitative estimate of drug-likeness (QED) is 0.359. The average Bonchev–Trinajstić information content (AvgIpc) is 2.84. The molecule has 4 rings (SSSR count). The van der Waals surface area contributed by atoms with E-state index in [2.05, 4.69) is 11.1 Å². The zero-order valence-corrected chi connectivity index (χ0v) is 17.7. The summed E-state index contributed by atoms with van der Waals surface area (Å²) in [5.74, 6) is 3.28. The Balaban J connectivity index is 1.76. The van der Waals surface area contributed by atoms with Gasteiger partial charge in [0.1, 0.15) is 11.5 Å². The molecule has 0 saturated heterocycles. The van der Waals surface area contributed by atoms with E-state index in [-0.39, 0.29) is 0 Å². The molecule has 0 spiro atoms. The molecule has 0 N–H and O–H groups in total. The largest absolute Gasteiger partial charge is 0.493 e. The van der Waals surface area contributed by atoms with Gasteiger partial charge in [-0.25, -0.2) is 0 Å². The van der Waals surface area contributed by atoms with Crippen LogP contribution in [0.15, 0.2) is 85.2 Å². The van der Waals surface area contributed by atoms with Crippen LogP contribution in [0.25, 0.3) is 22.3 Å². The van der Waals surface area contributed by atoms with Gasteiger partial charge in [-0.2, -0.15) is 0 Å². The summed E-state index contributed by atoms with van der Waals surface area (Å²) in [4.78, 5) is 4.47. The summed E-state index contributed by atoms with van der Waals surface area (Å²) < 4.78 is 22.6. The highest BCUT2D eigenvalue weighted by molar-refractivity contribution is 5.77. The lowest BCUT2D eigenvalue weighted by Crippen LogP contribution is -1.96. The Hall–Kier alpha value is -3.99. The van der Waals surface area contributed by atoms with Crippen LogP contribution in [0.1, 0.15) is 0 Å². The Morgan fingerprint density at radius 3 is 1.90 bits per heavy atom. The van der Waals surface area contributed by atoms with Gasteiger partial charge in [0.25, 0.3) is 0 Å². The second-order valence-electron chi connectivity index (χ2n) is 6.79. The number of hydrogen-bond donors (Lipinski definition) is 0. The summed E-state index contributed by atoms with van der Waals surface area (Å²) >= 11 is 0. The molecule has 0 saturated carbocycles. The number of hydrogen-bond acceptors (Lipinski definition) is 5. The van der Waals surface area contributed by atoms with Crippen molar-refractivity contribution in [1.82, 2.24) is 4.98 Å². The molecule has 0 bridgehead atoms. The maximum absolute atomic E-state index is 6.13. The van der Waals surface area contributed by atoms with Gasteiger partial charge in [-0.3, -0.25) is 4.98 Å². The van der Waals surface area contributed by atoms with Crippen LogP contribution in [0.3, 0.4) is 0 Å². The van der Waals surface area contributed by atoms with Gasteiger partial charge in [0, 0.05) is 29.1 Å². The molecule has 1 heterocycles. The molecule has 0 radical (unpaired) electrons. The molecule has 0 aliphatic heterocycles. The normalized spacial score (nSPS) is 10.4. The predicted octanol–water partition coefficient (Wildman–Crippen LogP) is 6.23. The summed E-state index contributed by atoms with van der Waals surface area (Å²) in [6, 6.07) is 23.5. The van der Waals surface area contributed by atoms with Gasteiger partial charge >= 0.3 is 0 Å². The van der Waals surface area contributed by atoms with E-state index < -0.39 is 0 Å². The Labute approximate surface area is 181 Å². The lowest BCUT2D eigenvalue weighted by Gasteiger charge is -2.15. The van der Waals surface area contributed by atoms with Gasteiger partial charge in [-0.15, -0.1) is 0 Å². The molecular formula is C26H23NO4. The third kappa shape index (κ3) is 4.31. The number of rotatable bonds is 7. The van der Waals surface area contributed by atoms with E-state index in [0.717, 1.165) is 33.8 Å². The molecule has 3 aromatic carbocycles. The van der Waals surface area contributed by atoms with Gasteiger partial charge in [0.05, 0.1) is 21.3 Å². The minimum absolute atomic E-state index is 0.555. The van der Waals surface area contributed by atoms with Gasteiger partial charge < -0.3 is 18.9 Å². The van der Waals surface area contributed by atoms with Crippen molar-refractivity contribution in [1.29, 1.82) is 0 Å². The number of pyridine rings is 1. The highest BCUT2D eigenvalue weighted by Gasteiger charge is 2.15. The highest BCUT2D eigenvalue weighted by atomic mass is 16.5. The van der Waals surface area contributed by atoms with Crippen molar-refractivity contribution in [3.05, 3.63) is 85.2 Å². The third-order valence-electron chi connectivity index (χ3n) is 4.91. The Morgan fingerprint density at radius 1 is 0.581 bits per heavy atom. The minimum atomic E-state index is 0.555. The van der Waals surface area contributed by atoms with Crippen LogP contribution >= 0.6 is 0 Å². The predicted molar refractivity (Wildman–Crippen MR) is 121 cm³/mol. The topological polar surface area (TPSA) is 49.8 Å². The highest BCUT2D eigenvalue weighted by Crippen LogP contribution is 2.42. The van der Waals surface area contributed by atoms with Gasteiger partial charge in [-0.1, -0.05) is 36.4 Å². The zero-order chi connectivity index (χ0) is 21.6. The van der Waals surface area contributed by atoms with Crippen LogP contribution in [0, 0.1) is 0 Å². The summed E-state index contributed by atoms with van der Waals surface area (Å²) in [7, 11) is 4.80. The lowest BCUT2D eigenvalue weighted by atomic mass is 10.0. The molecule has 0 amide bonds. The Morgan fingerprint density at radius 2 is 1.23 bits per heavy atom. The second kappa shape index (κ2) is 9.22. The summed E-state index contributed by atoms with van der Waals surface area (Å²) in [5.41, 5.74) is 3.72. The first-order valence-corrected chi connectivity index (χ1v) is 9.81. The molecule has 4 aromatic rings. The first-order valence-electron chi connectivity index (χ1n) is 9.81. The molecule has 5 heteroatoms. The Bertz CT molecular complexity index is 1150. The Kier molecular flexibility index (Phi) is 6.03. The van der Waals surface area contributed by atoms with E-state index in [1.807, 2.05) is 79.1 Å². The van der Waals surface area contributed by atoms with E-state index >= 15 is 0 Å². The average molecular weight is 413 g/mol. The van der Waals surface area contributed by atoms with Crippen molar-refractivity contribution >= 4 is 0 Å². The monoisotopic (exact) mass is 413 g/mol. The minimum Gasteiger partial charge on any atom is -0.493 e. The molecule has 1 aromatic heterocycles. The fourth-order valence-corrected chi connectivity index (χ4v) is 3.40. The van der Waals surface area contributed by atoms with E-state index in [9.17, 15) is 0 Å². The van der Waals surface area contributed by atoms with Gasteiger partial charge in [0.15, 0.2) is 11.5 Å². The fourth-order valence-electron chi connectivity index (χ4n) is 3.40. The molecule has 5 nitrogen and oxygen atoms in total. The number of nitrogens with zero attached hydrogens (tertiary/aromatic N) is 1. The molecule has 156 valence electrons. The third-order valence-corrected chi connectivity index (χ3v) is 4.91. The van der Waals surface area contributed by atoms with Crippen molar-refractivity contribution in [2.75, 3.05) is 21.3 Å². The van der Waals surface area contributed by atoms with E-state index in [4.69, 9.17) is 18.9 Å². The van der Waals surface area contributed by atoms with Crippen LogP contribution < -0.4 is 18.9 Å². The van der Waals surface area contributed by atoms with Gasteiger partial charge in [-0.05, 0) is 42.0 Å². The summed E-state index contributed by atoms with van der Waals surface area (Å²) in [6.07, 6.45) is 3.64. The van der Waals surface area contributed by atoms with Crippen molar-refractivity contribution in [3.63, 3.8) is 0 Å². The van der Waals surface area contributed by atoms with E-state index in [0.29, 0.717) is 17.2 Å². The first-order chi connectivity index (χ1) is 15.2. The SMILES string of the molecule is COc1cc(-c2cncc(-c3ccccc3Oc3ccccc3)c2)cc(OC)c1OC. The summed E-state index contributed by atoms with van der Waals surface area (Å²) in [6.45, 7) is 0. The molecule has 31 heavy (non-hydrogen) atoms. The number of methoxy groups -OCH3 is 3. The second-order valence-corrected chi connectivity index (χ2v) is 6.79. The maximum Gasteiger partial charge on any atom is 0.203 e. The molecule has 0 atom stereocenters.